The highest BCUT2D eigenvalue weighted by molar-refractivity contribution is 5.92. The Morgan fingerprint density at radius 1 is 1.17 bits per heavy atom. The van der Waals surface area contributed by atoms with Gasteiger partial charge in [0.15, 0.2) is 11.5 Å². The molecule has 0 spiro atoms. The molecule has 6 nitrogen and oxygen atoms in total. The topological polar surface area (TPSA) is 65.4 Å². The summed E-state index contributed by atoms with van der Waals surface area (Å²) in [5.74, 6) is 1.21. The number of aromatic nitrogens is 2. The molecule has 6 heteroatoms. The molecule has 1 N–H and O–H groups in total. The number of ether oxygens (including phenoxy) is 2. The second-order valence-electron chi connectivity index (χ2n) is 5.12. The van der Waals surface area contributed by atoms with E-state index in [4.69, 9.17) is 9.47 Å². The van der Waals surface area contributed by atoms with Crippen molar-refractivity contribution in [1.82, 2.24) is 15.1 Å². The van der Waals surface area contributed by atoms with Crippen molar-refractivity contribution in [2.24, 2.45) is 7.05 Å². The largest absolute Gasteiger partial charge is 0.490 e. The highest BCUT2D eigenvalue weighted by Gasteiger charge is 2.11. The Hall–Kier alpha value is -2.50. The maximum atomic E-state index is 12.1. The van der Waals surface area contributed by atoms with Crippen molar-refractivity contribution in [1.29, 1.82) is 0 Å². The smallest absolute Gasteiger partial charge is 0.272 e. The molecule has 0 saturated carbocycles. The number of rotatable bonds is 7. The van der Waals surface area contributed by atoms with E-state index in [1.54, 1.807) is 10.7 Å². The van der Waals surface area contributed by atoms with Gasteiger partial charge >= 0.3 is 0 Å². The van der Waals surface area contributed by atoms with Gasteiger partial charge in [0.2, 0.25) is 0 Å². The van der Waals surface area contributed by atoms with E-state index in [0.717, 1.165) is 11.3 Å². The Bertz CT molecular complexity index is 660. The third-order valence-corrected chi connectivity index (χ3v) is 3.41. The fourth-order valence-corrected chi connectivity index (χ4v) is 2.15. The molecule has 0 unspecified atom stereocenters. The van der Waals surface area contributed by atoms with E-state index >= 15 is 0 Å². The lowest BCUT2D eigenvalue weighted by Crippen LogP contribution is -2.23. The first-order valence-corrected chi connectivity index (χ1v) is 7.72. The minimum absolute atomic E-state index is 0.194. The summed E-state index contributed by atoms with van der Waals surface area (Å²) in [5.41, 5.74) is 2.30. The van der Waals surface area contributed by atoms with E-state index in [-0.39, 0.29) is 5.91 Å². The molecule has 1 heterocycles. The molecule has 1 aromatic carbocycles. The lowest BCUT2D eigenvalue weighted by molar-refractivity contribution is 0.0945. The second-order valence-corrected chi connectivity index (χ2v) is 5.12. The molecule has 0 aliphatic heterocycles. The molecule has 1 amide bonds. The monoisotopic (exact) mass is 317 g/mol. The van der Waals surface area contributed by atoms with Crippen LogP contribution in [-0.2, 0) is 13.6 Å². The molecule has 0 aliphatic carbocycles. The SMILES string of the molecule is CCOc1ccc(CNC(=O)c2cc(C)n(C)n2)cc1OCC. The van der Waals surface area contributed by atoms with E-state index in [2.05, 4.69) is 10.4 Å². The molecule has 0 bridgehead atoms. The minimum atomic E-state index is -0.194. The number of hydrogen-bond acceptors (Lipinski definition) is 4. The number of benzene rings is 1. The van der Waals surface area contributed by atoms with Crippen LogP contribution in [0.3, 0.4) is 0 Å². The highest BCUT2D eigenvalue weighted by atomic mass is 16.5. The predicted molar refractivity (Wildman–Crippen MR) is 87.9 cm³/mol. The quantitative estimate of drug-likeness (QED) is 0.852. The number of hydrogen-bond donors (Lipinski definition) is 1. The highest BCUT2D eigenvalue weighted by Crippen LogP contribution is 2.28. The summed E-state index contributed by atoms with van der Waals surface area (Å²) in [4.78, 5) is 12.1. The van der Waals surface area contributed by atoms with Crippen LogP contribution >= 0.6 is 0 Å². The van der Waals surface area contributed by atoms with Crippen molar-refractivity contribution in [3.8, 4) is 11.5 Å². The van der Waals surface area contributed by atoms with Crippen LogP contribution in [0.5, 0.6) is 11.5 Å². The van der Waals surface area contributed by atoms with Crippen LogP contribution < -0.4 is 14.8 Å². The second kappa shape index (κ2) is 7.67. The number of carbonyl (C=O) groups is 1. The van der Waals surface area contributed by atoms with Gasteiger partial charge in [-0.25, -0.2) is 0 Å². The third-order valence-electron chi connectivity index (χ3n) is 3.41. The van der Waals surface area contributed by atoms with Gasteiger partial charge in [0.25, 0.3) is 5.91 Å². The maximum absolute atomic E-state index is 12.1. The number of amides is 1. The molecule has 2 rings (SSSR count). The molecular formula is C17H23N3O3. The van der Waals surface area contributed by atoms with Crippen molar-refractivity contribution < 1.29 is 14.3 Å². The standard InChI is InChI=1S/C17H23N3O3/c1-5-22-15-8-7-13(10-16(15)23-6-2)11-18-17(21)14-9-12(3)20(4)19-14/h7-10H,5-6,11H2,1-4H3,(H,18,21). The Morgan fingerprint density at radius 2 is 1.87 bits per heavy atom. The predicted octanol–water partition coefficient (Wildman–Crippen LogP) is 2.46. The molecule has 0 aliphatic rings. The number of carbonyl (C=O) groups excluding carboxylic acids is 1. The number of nitrogens with zero attached hydrogens (tertiary/aromatic N) is 2. The zero-order valence-electron chi connectivity index (χ0n) is 14.0. The molecule has 1 aromatic heterocycles. The van der Waals surface area contributed by atoms with Gasteiger partial charge < -0.3 is 14.8 Å². The van der Waals surface area contributed by atoms with Crippen molar-refractivity contribution in [3.05, 3.63) is 41.2 Å². The fraction of sp³-hybridized carbons (Fsp3) is 0.412. The van der Waals surface area contributed by atoms with E-state index in [0.29, 0.717) is 37.0 Å². The van der Waals surface area contributed by atoms with Gasteiger partial charge in [0, 0.05) is 19.3 Å². The van der Waals surface area contributed by atoms with Crippen LogP contribution in [0.15, 0.2) is 24.3 Å². The first-order chi connectivity index (χ1) is 11.0. The molecule has 0 saturated heterocycles. The van der Waals surface area contributed by atoms with Gasteiger partial charge in [-0.05, 0) is 44.5 Å². The van der Waals surface area contributed by atoms with E-state index in [1.807, 2.05) is 46.0 Å². The summed E-state index contributed by atoms with van der Waals surface area (Å²) in [6, 6.07) is 7.43. The van der Waals surface area contributed by atoms with Crippen LogP contribution in [0.2, 0.25) is 0 Å². The zero-order chi connectivity index (χ0) is 16.8. The zero-order valence-corrected chi connectivity index (χ0v) is 14.0. The van der Waals surface area contributed by atoms with Crippen LogP contribution in [0, 0.1) is 6.92 Å². The van der Waals surface area contributed by atoms with Crippen LogP contribution in [0.25, 0.3) is 0 Å². The van der Waals surface area contributed by atoms with E-state index in [9.17, 15) is 4.79 Å². The summed E-state index contributed by atoms with van der Waals surface area (Å²) < 4.78 is 12.8. The number of aryl methyl sites for hydroxylation is 2. The summed E-state index contributed by atoms with van der Waals surface area (Å²) in [5, 5.41) is 7.03. The van der Waals surface area contributed by atoms with Gasteiger partial charge in [0.05, 0.1) is 13.2 Å². The lowest BCUT2D eigenvalue weighted by atomic mass is 10.2. The Morgan fingerprint density at radius 3 is 2.48 bits per heavy atom. The maximum Gasteiger partial charge on any atom is 0.272 e. The Labute approximate surface area is 136 Å². The van der Waals surface area contributed by atoms with Gasteiger partial charge in [-0.1, -0.05) is 6.07 Å². The molecule has 124 valence electrons. The van der Waals surface area contributed by atoms with Crippen molar-refractivity contribution >= 4 is 5.91 Å². The average molecular weight is 317 g/mol. The van der Waals surface area contributed by atoms with Crippen molar-refractivity contribution in [2.75, 3.05) is 13.2 Å². The average Bonchev–Trinajstić information content (AvgIpc) is 2.87. The molecule has 0 radical (unpaired) electrons. The summed E-state index contributed by atoms with van der Waals surface area (Å²) in [6.45, 7) is 7.30. The Kier molecular flexibility index (Phi) is 5.62. The summed E-state index contributed by atoms with van der Waals surface area (Å²) in [6.07, 6.45) is 0. The summed E-state index contributed by atoms with van der Waals surface area (Å²) >= 11 is 0. The van der Waals surface area contributed by atoms with Gasteiger partial charge in [-0.15, -0.1) is 0 Å². The molecule has 0 fully saturated rings. The molecule has 23 heavy (non-hydrogen) atoms. The van der Waals surface area contributed by atoms with E-state index in [1.165, 1.54) is 0 Å². The van der Waals surface area contributed by atoms with Crippen LogP contribution in [0.4, 0.5) is 0 Å². The first-order valence-electron chi connectivity index (χ1n) is 7.72. The van der Waals surface area contributed by atoms with E-state index < -0.39 is 0 Å². The lowest BCUT2D eigenvalue weighted by Gasteiger charge is -2.12. The number of nitrogens with one attached hydrogen (secondary N) is 1. The van der Waals surface area contributed by atoms with Crippen molar-refractivity contribution in [3.63, 3.8) is 0 Å². The van der Waals surface area contributed by atoms with Gasteiger partial charge in [-0.3, -0.25) is 9.48 Å². The normalized spacial score (nSPS) is 10.4. The van der Waals surface area contributed by atoms with Crippen LogP contribution in [0.1, 0.15) is 35.6 Å². The van der Waals surface area contributed by atoms with Gasteiger partial charge in [0.1, 0.15) is 5.69 Å². The Balaban J connectivity index is 2.04. The van der Waals surface area contributed by atoms with Crippen molar-refractivity contribution in [2.45, 2.75) is 27.3 Å². The fourth-order valence-electron chi connectivity index (χ4n) is 2.15. The molecular weight excluding hydrogens is 294 g/mol. The first kappa shape index (κ1) is 16.9. The third kappa shape index (κ3) is 4.25. The minimum Gasteiger partial charge on any atom is -0.490 e. The molecule has 2 aromatic rings. The van der Waals surface area contributed by atoms with Gasteiger partial charge in [-0.2, -0.15) is 5.10 Å². The molecule has 0 atom stereocenters. The van der Waals surface area contributed by atoms with Crippen LogP contribution in [-0.4, -0.2) is 28.9 Å². The summed E-state index contributed by atoms with van der Waals surface area (Å²) in [7, 11) is 1.81.